The standard InChI is InChI=1S/C52H97NO12S/c1-3-5-7-9-11-13-15-17-19-20-21-22-23-24-25-27-29-31-33-35-37-39-41-46(56)51(59)53-44(43-63-52-49(58)50(65-66(60,61)62)48(57)47(42-54)64-52)45(55)40-38-36-34-32-30-28-26-18-16-14-12-10-8-6-4-2/h16,18,30,32,38,40,44-50,52,54-58H,3-15,17,19-29,31,33-37,39,41-43H2,1-2H3,(H,53,59)(H,60,61,62)/b18-16+,32-30+,40-38+. The molecule has 1 amide bonds. The first-order valence-electron chi connectivity index (χ1n) is 26.5. The Bertz CT molecular complexity index is 1330. The molecule has 0 aromatic carbocycles. The summed E-state index contributed by atoms with van der Waals surface area (Å²) in [6.07, 6.45) is 39.4. The van der Waals surface area contributed by atoms with Gasteiger partial charge in [0.15, 0.2) is 6.29 Å². The van der Waals surface area contributed by atoms with Crippen molar-refractivity contribution in [1.29, 1.82) is 0 Å². The molecule has 388 valence electrons. The van der Waals surface area contributed by atoms with Crippen LogP contribution in [0.3, 0.4) is 0 Å². The number of unbranched alkanes of at least 4 members (excludes halogenated alkanes) is 28. The van der Waals surface area contributed by atoms with Gasteiger partial charge < -0.3 is 40.3 Å². The Morgan fingerprint density at radius 3 is 1.45 bits per heavy atom. The molecule has 0 radical (unpaired) electrons. The average Bonchev–Trinajstić information content (AvgIpc) is 3.29. The van der Waals surface area contributed by atoms with E-state index >= 15 is 0 Å². The zero-order valence-corrected chi connectivity index (χ0v) is 42.2. The highest BCUT2D eigenvalue weighted by molar-refractivity contribution is 7.80. The van der Waals surface area contributed by atoms with Crippen molar-refractivity contribution in [1.82, 2.24) is 5.32 Å². The summed E-state index contributed by atoms with van der Waals surface area (Å²) in [5, 5.41) is 55.3. The largest absolute Gasteiger partial charge is 0.397 e. The lowest BCUT2D eigenvalue weighted by Crippen LogP contribution is -2.61. The molecule has 7 N–H and O–H groups in total. The summed E-state index contributed by atoms with van der Waals surface area (Å²) < 4.78 is 47.6. The van der Waals surface area contributed by atoms with Crippen molar-refractivity contribution in [2.24, 2.45) is 0 Å². The van der Waals surface area contributed by atoms with E-state index in [0.717, 1.165) is 44.9 Å². The number of aliphatic hydroxyl groups excluding tert-OH is 5. The van der Waals surface area contributed by atoms with E-state index in [1.165, 1.54) is 154 Å². The highest BCUT2D eigenvalue weighted by Crippen LogP contribution is 2.26. The van der Waals surface area contributed by atoms with Gasteiger partial charge in [-0.05, 0) is 44.9 Å². The van der Waals surface area contributed by atoms with Crippen molar-refractivity contribution < 1.29 is 57.0 Å². The highest BCUT2D eigenvalue weighted by Gasteiger charge is 2.48. The van der Waals surface area contributed by atoms with E-state index in [1.807, 2.05) is 0 Å². The maximum atomic E-state index is 13.2. The van der Waals surface area contributed by atoms with E-state index in [-0.39, 0.29) is 6.42 Å². The minimum absolute atomic E-state index is 0.237. The van der Waals surface area contributed by atoms with Crippen LogP contribution in [0.5, 0.6) is 0 Å². The van der Waals surface area contributed by atoms with Gasteiger partial charge >= 0.3 is 10.4 Å². The predicted octanol–water partition coefficient (Wildman–Crippen LogP) is 10.4. The van der Waals surface area contributed by atoms with Crippen LogP contribution in [-0.4, -0.2) is 107 Å². The summed E-state index contributed by atoms with van der Waals surface area (Å²) >= 11 is 0. The molecule has 66 heavy (non-hydrogen) atoms. The quantitative estimate of drug-likeness (QED) is 0.0173. The zero-order chi connectivity index (χ0) is 48.5. The monoisotopic (exact) mass is 960 g/mol. The first-order valence-corrected chi connectivity index (χ1v) is 27.8. The fourth-order valence-electron chi connectivity index (χ4n) is 8.32. The molecule has 0 aromatic rings. The third kappa shape index (κ3) is 33.7. The molecule has 1 aliphatic rings. The van der Waals surface area contributed by atoms with Gasteiger partial charge in [0, 0.05) is 0 Å². The minimum atomic E-state index is -5.13. The number of hydrogen-bond donors (Lipinski definition) is 7. The van der Waals surface area contributed by atoms with Gasteiger partial charge in [-0.15, -0.1) is 0 Å². The number of amides is 1. The van der Waals surface area contributed by atoms with Crippen molar-refractivity contribution in [2.75, 3.05) is 13.2 Å². The topological polar surface area (TPSA) is 212 Å². The van der Waals surface area contributed by atoms with Crippen molar-refractivity contribution >= 4 is 16.3 Å². The lowest BCUT2D eigenvalue weighted by molar-refractivity contribution is -0.298. The van der Waals surface area contributed by atoms with Crippen molar-refractivity contribution in [3.05, 3.63) is 36.5 Å². The molecular formula is C52H97NO12S. The third-order valence-corrected chi connectivity index (χ3v) is 13.0. The van der Waals surface area contributed by atoms with Crippen LogP contribution in [0.2, 0.25) is 0 Å². The fraction of sp³-hybridized carbons (Fsp3) is 0.865. The summed E-state index contributed by atoms with van der Waals surface area (Å²) in [5.41, 5.74) is 0. The van der Waals surface area contributed by atoms with Crippen LogP contribution in [0.15, 0.2) is 36.5 Å². The molecule has 0 bridgehead atoms. The van der Waals surface area contributed by atoms with Crippen molar-refractivity contribution in [2.45, 2.75) is 275 Å². The van der Waals surface area contributed by atoms with Gasteiger partial charge in [-0.1, -0.05) is 217 Å². The normalized spacial score (nSPS) is 20.8. The Labute approximate surface area is 401 Å². The molecule has 14 heteroatoms. The second kappa shape index (κ2) is 42.2. The first-order chi connectivity index (χ1) is 31.9. The fourth-order valence-corrected chi connectivity index (χ4v) is 8.83. The molecule has 0 aliphatic carbocycles. The molecule has 13 nitrogen and oxygen atoms in total. The van der Waals surface area contributed by atoms with Gasteiger partial charge in [0.05, 0.1) is 25.4 Å². The van der Waals surface area contributed by atoms with E-state index in [2.05, 4.69) is 47.7 Å². The van der Waals surface area contributed by atoms with Gasteiger partial charge in [0.1, 0.15) is 30.5 Å². The second-order valence-corrected chi connectivity index (χ2v) is 19.6. The van der Waals surface area contributed by atoms with Crippen LogP contribution in [0.25, 0.3) is 0 Å². The van der Waals surface area contributed by atoms with Gasteiger partial charge in [0.2, 0.25) is 5.91 Å². The van der Waals surface area contributed by atoms with Crippen molar-refractivity contribution in [3.63, 3.8) is 0 Å². The average molecular weight is 960 g/mol. The van der Waals surface area contributed by atoms with E-state index < -0.39 is 78.5 Å². The van der Waals surface area contributed by atoms with Crippen LogP contribution >= 0.6 is 0 Å². The first kappa shape index (κ1) is 62.3. The number of hydrogen-bond acceptors (Lipinski definition) is 11. The Hall–Kier alpha value is -1.72. The number of nitrogens with one attached hydrogen (secondary N) is 1. The van der Waals surface area contributed by atoms with Crippen LogP contribution in [-0.2, 0) is 28.9 Å². The van der Waals surface area contributed by atoms with Gasteiger partial charge in [-0.3, -0.25) is 9.35 Å². The number of aliphatic hydroxyl groups is 5. The van der Waals surface area contributed by atoms with E-state index in [9.17, 15) is 43.3 Å². The molecule has 1 fully saturated rings. The molecule has 8 unspecified atom stereocenters. The summed E-state index contributed by atoms with van der Waals surface area (Å²) in [5.74, 6) is -0.714. The molecule has 0 saturated carbocycles. The summed E-state index contributed by atoms with van der Waals surface area (Å²) in [6, 6.07) is -1.14. The van der Waals surface area contributed by atoms with Crippen LogP contribution in [0.1, 0.15) is 226 Å². The molecule has 0 aromatic heterocycles. The molecule has 0 spiro atoms. The SMILES string of the molecule is CCCCCCC/C=C/CC/C=C/CC/C=C/C(O)C(COC1OC(CO)C(O)C(OS(=O)(=O)O)C1O)NC(=O)C(O)CCCCCCCCCCCCCCCCCCCCCCCC. The third-order valence-electron chi connectivity index (χ3n) is 12.5. The Morgan fingerprint density at radius 1 is 0.606 bits per heavy atom. The zero-order valence-electron chi connectivity index (χ0n) is 41.4. The smallest absolute Gasteiger partial charge is 0.394 e. The highest BCUT2D eigenvalue weighted by atomic mass is 32.3. The summed E-state index contributed by atoms with van der Waals surface area (Å²) in [4.78, 5) is 13.2. The minimum Gasteiger partial charge on any atom is -0.394 e. The summed E-state index contributed by atoms with van der Waals surface area (Å²) in [6.45, 7) is 3.20. The summed E-state index contributed by atoms with van der Waals surface area (Å²) in [7, 11) is -5.13. The Kier molecular flexibility index (Phi) is 39.8. The van der Waals surface area contributed by atoms with E-state index in [0.29, 0.717) is 12.8 Å². The molecular weight excluding hydrogens is 863 g/mol. The number of carbonyl (C=O) groups is 1. The van der Waals surface area contributed by atoms with Crippen LogP contribution < -0.4 is 5.32 Å². The van der Waals surface area contributed by atoms with Gasteiger partial charge in [-0.2, -0.15) is 8.42 Å². The van der Waals surface area contributed by atoms with Crippen LogP contribution in [0, 0.1) is 0 Å². The number of allylic oxidation sites excluding steroid dienone is 5. The van der Waals surface area contributed by atoms with E-state index in [1.54, 1.807) is 6.08 Å². The van der Waals surface area contributed by atoms with Gasteiger partial charge in [0.25, 0.3) is 0 Å². The molecule has 8 atom stereocenters. The Morgan fingerprint density at radius 2 is 1.02 bits per heavy atom. The molecule has 1 rings (SSSR count). The van der Waals surface area contributed by atoms with Gasteiger partial charge in [-0.25, -0.2) is 4.18 Å². The second-order valence-electron chi connectivity index (χ2n) is 18.6. The molecule has 1 saturated heterocycles. The Balaban J connectivity index is 2.48. The lowest BCUT2D eigenvalue weighted by Gasteiger charge is -2.41. The predicted molar refractivity (Wildman–Crippen MR) is 265 cm³/mol. The number of carbonyl (C=O) groups excluding carboxylic acids is 1. The maximum Gasteiger partial charge on any atom is 0.397 e. The number of ether oxygens (including phenoxy) is 2. The molecule has 1 heterocycles. The molecule has 1 aliphatic heterocycles. The van der Waals surface area contributed by atoms with E-state index in [4.69, 9.17) is 9.47 Å². The van der Waals surface area contributed by atoms with Crippen molar-refractivity contribution in [3.8, 4) is 0 Å². The van der Waals surface area contributed by atoms with Crippen LogP contribution in [0.4, 0.5) is 0 Å². The lowest BCUT2D eigenvalue weighted by atomic mass is 9.99. The number of rotatable bonds is 45. The maximum absolute atomic E-state index is 13.2.